The fourth-order valence-corrected chi connectivity index (χ4v) is 4.65. The van der Waals surface area contributed by atoms with Crippen molar-refractivity contribution in [2.24, 2.45) is 0 Å². The summed E-state index contributed by atoms with van der Waals surface area (Å²) < 4.78 is 0. The number of thiazole rings is 1. The highest BCUT2D eigenvalue weighted by atomic mass is 32.1. The van der Waals surface area contributed by atoms with Crippen LogP contribution in [0.5, 0.6) is 0 Å². The van der Waals surface area contributed by atoms with Crippen molar-refractivity contribution in [3.63, 3.8) is 0 Å². The zero-order chi connectivity index (χ0) is 17.1. The second kappa shape index (κ2) is 7.67. The van der Waals surface area contributed by atoms with E-state index < -0.39 is 0 Å². The van der Waals surface area contributed by atoms with Crippen LogP contribution in [0, 0.1) is 0 Å². The van der Waals surface area contributed by atoms with Crippen LogP contribution in [0.4, 0.5) is 0 Å². The van der Waals surface area contributed by atoms with Gasteiger partial charge in [0.1, 0.15) is 5.01 Å². The third kappa shape index (κ3) is 3.77. The Morgan fingerprint density at radius 2 is 1.84 bits per heavy atom. The normalized spacial score (nSPS) is 21.6. The van der Waals surface area contributed by atoms with Crippen LogP contribution < -0.4 is 0 Å². The average molecular weight is 356 g/mol. The second-order valence-electron chi connectivity index (χ2n) is 7.07. The molecule has 1 atom stereocenters. The highest BCUT2D eigenvalue weighted by Gasteiger charge is 2.29. The lowest BCUT2D eigenvalue weighted by molar-refractivity contribution is 0.0560. The number of nitrogens with zero attached hydrogens (tertiary/aromatic N) is 3. The van der Waals surface area contributed by atoms with Crippen molar-refractivity contribution in [3.8, 4) is 10.6 Å². The van der Waals surface area contributed by atoms with Gasteiger partial charge < -0.3 is 9.80 Å². The average Bonchev–Trinajstić information content (AvgIpc) is 3.36. The van der Waals surface area contributed by atoms with Gasteiger partial charge in [0.05, 0.1) is 0 Å². The van der Waals surface area contributed by atoms with Crippen molar-refractivity contribution < 1.29 is 4.79 Å². The Bertz CT molecular complexity index is 692. The van der Waals surface area contributed by atoms with E-state index in [-0.39, 0.29) is 5.91 Å². The summed E-state index contributed by atoms with van der Waals surface area (Å²) in [5.74, 6) is 0.189. The smallest absolute Gasteiger partial charge is 0.254 e. The number of hydrogen-bond donors (Lipinski definition) is 0. The lowest BCUT2D eigenvalue weighted by Gasteiger charge is -2.38. The summed E-state index contributed by atoms with van der Waals surface area (Å²) in [5.41, 5.74) is 1.88. The molecule has 132 valence electrons. The minimum atomic E-state index is 0.189. The molecule has 4 rings (SSSR count). The molecule has 1 aromatic carbocycles. The maximum atomic E-state index is 13.1. The molecule has 2 aliphatic rings. The molecule has 2 fully saturated rings. The van der Waals surface area contributed by atoms with Crippen LogP contribution in [0.15, 0.2) is 35.8 Å². The van der Waals surface area contributed by atoms with Crippen LogP contribution in [-0.4, -0.2) is 52.9 Å². The number of carbonyl (C=O) groups excluding carboxylic acids is 1. The molecular weight excluding hydrogens is 330 g/mol. The first-order chi connectivity index (χ1) is 12.3. The maximum absolute atomic E-state index is 13.1. The number of rotatable bonds is 4. The monoisotopic (exact) mass is 355 g/mol. The molecule has 3 heterocycles. The molecule has 1 amide bonds. The van der Waals surface area contributed by atoms with Crippen molar-refractivity contribution in [1.29, 1.82) is 0 Å². The van der Waals surface area contributed by atoms with Gasteiger partial charge in [0.15, 0.2) is 0 Å². The van der Waals surface area contributed by atoms with Gasteiger partial charge in [-0.2, -0.15) is 0 Å². The summed E-state index contributed by atoms with van der Waals surface area (Å²) in [6.45, 7) is 4.33. The van der Waals surface area contributed by atoms with E-state index in [1.807, 2.05) is 35.8 Å². The molecule has 2 aliphatic heterocycles. The summed E-state index contributed by atoms with van der Waals surface area (Å²) in [7, 11) is 0. The van der Waals surface area contributed by atoms with E-state index in [9.17, 15) is 4.79 Å². The third-order valence-electron chi connectivity index (χ3n) is 5.37. The molecule has 0 aliphatic carbocycles. The predicted molar refractivity (Wildman–Crippen MR) is 102 cm³/mol. The Kier molecular flexibility index (Phi) is 5.13. The number of hydrogen-bond acceptors (Lipinski definition) is 4. The van der Waals surface area contributed by atoms with Crippen molar-refractivity contribution in [2.45, 2.75) is 38.1 Å². The third-order valence-corrected chi connectivity index (χ3v) is 6.19. The molecular formula is C20H25N3OS. The van der Waals surface area contributed by atoms with Crippen LogP contribution in [0.3, 0.4) is 0 Å². The van der Waals surface area contributed by atoms with E-state index in [1.54, 1.807) is 11.3 Å². The van der Waals surface area contributed by atoms with Gasteiger partial charge in [-0.15, -0.1) is 11.3 Å². The van der Waals surface area contributed by atoms with Gasteiger partial charge in [-0.1, -0.05) is 12.1 Å². The second-order valence-corrected chi connectivity index (χ2v) is 7.97. The first-order valence-corrected chi connectivity index (χ1v) is 10.2. The SMILES string of the molecule is O=C(c1ccc(-c2nccs2)cc1)N1CCCC[C@H]1CN1CCCC1. The molecule has 0 bridgehead atoms. The van der Waals surface area contributed by atoms with Gasteiger partial charge in [-0.3, -0.25) is 4.79 Å². The van der Waals surface area contributed by atoms with Gasteiger partial charge in [0.2, 0.25) is 0 Å². The fourth-order valence-electron chi connectivity index (χ4n) is 4.01. The zero-order valence-corrected chi connectivity index (χ0v) is 15.4. The molecule has 2 saturated heterocycles. The van der Waals surface area contributed by atoms with Crippen LogP contribution in [0.1, 0.15) is 42.5 Å². The number of amides is 1. The van der Waals surface area contributed by atoms with E-state index in [0.717, 1.165) is 42.1 Å². The largest absolute Gasteiger partial charge is 0.334 e. The standard InChI is InChI=1S/C20H25N3OS/c24-20(17-8-6-16(7-9-17)19-21-10-14-25-19)23-13-2-1-5-18(23)15-22-11-3-4-12-22/h6-10,14,18H,1-5,11-13,15H2/t18-/m0/s1. The van der Waals surface area contributed by atoms with Crippen LogP contribution in [0.2, 0.25) is 0 Å². The molecule has 1 aromatic heterocycles. The molecule has 5 heteroatoms. The number of carbonyl (C=O) groups is 1. The Morgan fingerprint density at radius 3 is 2.56 bits per heavy atom. The highest BCUT2D eigenvalue weighted by Crippen LogP contribution is 2.25. The lowest BCUT2D eigenvalue weighted by atomic mass is 10.00. The zero-order valence-electron chi connectivity index (χ0n) is 14.6. The number of piperidine rings is 1. The molecule has 0 saturated carbocycles. The van der Waals surface area contributed by atoms with Gasteiger partial charge in [-0.05, 0) is 57.3 Å². The highest BCUT2D eigenvalue weighted by molar-refractivity contribution is 7.13. The molecule has 25 heavy (non-hydrogen) atoms. The molecule has 0 N–H and O–H groups in total. The first kappa shape index (κ1) is 16.7. The van der Waals surface area contributed by atoms with Gasteiger partial charge in [-0.25, -0.2) is 4.98 Å². The minimum absolute atomic E-state index is 0.189. The van der Waals surface area contributed by atoms with E-state index in [0.29, 0.717) is 6.04 Å². The quantitative estimate of drug-likeness (QED) is 0.834. The summed E-state index contributed by atoms with van der Waals surface area (Å²) in [4.78, 5) is 22.1. The van der Waals surface area contributed by atoms with Gasteiger partial charge >= 0.3 is 0 Å². The Morgan fingerprint density at radius 1 is 1.08 bits per heavy atom. The van der Waals surface area contributed by atoms with Crippen molar-refractivity contribution in [1.82, 2.24) is 14.8 Å². The number of aromatic nitrogens is 1. The van der Waals surface area contributed by atoms with Gasteiger partial charge in [0, 0.05) is 41.8 Å². The molecule has 0 radical (unpaired) electrons. The van der Waals surface area contributed by atoms with Crippen LogP contribution in [-0.2, 0) is 0 Å². The van der Waals surface area contributed by atoms with E-state index >= 15 is 0 Å². The van der Waals surface area contributed by atoms with Crippen LogP contribution in [0.25, 0.3) is 10.6 Å². The summed E-state index contributed by atoms with van der Waals surface area (Å²) in [6, 6.07) is 8.33. The van der Waals surface area contributed by atoms with Crippen molar-refractivity contribution in [3.05, 3.63) is 41.4 Å². The Labute approximate surface area is 153 Å². The lowest BCUT2D eigenvalue weighted by Crippen LogP contribution is -2.49. The van der Waals surface area contributed by atoms with Gasteiger partial charge in [0.25, 0.3) is 5.91 Å². The predicted octanol–water partition coefficient (Wildman–Crippen LogP) is 3.90. The van der Waals surface area contributed by atoms with Crippen LogP contribution >= 0.6 is 11.3 Å². The van der Waals surface area contributed by atoms with E-state index in [4.69, 9.17) is 0 Å². The van der Waals surface area contributed by atoms with E-state index in [2.05, 4.69) is 14.8 Å². The Balaban J connectivity index is 1.47. The summed E-state index contributed by atoms with van der Waals surface area (Å²) in [6.07, 6.45) is 7.93. The fraction of sp³-hybridized carbons (Fsp3) is 0.500. The maximum Gasteiger partial charge on any atom is 0.254 e. The molecule has 2 aromatic rings. The first-order valence-electron chi connectivity index (χ1n) is 9.34. The summed E-state index contributed by atoms with van der Waals surface area (Å²) >= 11 is 1.62. The topological polar surface area (TPSA) is 36.4 Å². The molecule has 0 unspecified atom stereocenters. The number of benzene rings is 1. The minimum Gasteiger partial charge on any atom is -0.334 e. The molecule has 4 nitrogen and oxygen atoms in total. The summed E-state index contributed by atoms with van der Waals surface area (Å²) in [5, 5.41) is 2.98. The molecule has 0 spiro atoms. The van der Waals surface area contributed by atoms with Crippen molar-refractivity contribution in [2.75, 3.05) is 26.2 Å². The van der Waals surface area contributed by atoms with E-state index in [1.165, 1.54) is 32.4 Å². The van der Waals surface area contributed by atoms with Crippen molar-refractivity contribution >= 4 is 17.2 Å². The Hall–Kier alpha value is -1.72. The number of likely N-dealkylation sites (tertiary alicyclic amines) is 2.